The van der Waals surface area contributed by atoms with Gasteiger partial charge in [0.25, 0.3) is 0 Å². The third kappa shape index (κ3) is 3.76. The van der Waals surface area contributed by atoms with Gasteiger partial charge in [-0.3, -0.25) is 9.59 Å². The molecule has 4 heteroatoms. The summed E-state index contributed by atoms with van der Waals surface area (Å²) in [6, 6.07) is 0. The van der Waals surface area contributed by atoms with Crippen LogP contribution in [0.5, 0.6) is 0 Å². The van der Waals surface area contributed by atoms with Gasteiger partial charge in [0, 0.05) is 31.3 Å². The van der Waals surface area contributed by atoms with Gasteiger partial charge in [-0.2, -0.15) is 0 Å². The second-order valence-corrected chi connectivity index (χ2v) is 11.9. The topological polar surface area (TPSA) is 74.6 Å². The van der Waals surface area contributed by atoms with E-state index in [1.54, 1.807) is 0 Å². The lowest BCUT2D eigenvalue weighted by Crippen LogP contribution is -2.51. The number of hydrogen-bond acceptors (Lipinski definition) is 4. The zero-order valence-corrected chi connectivity index (χ0v) is 19.9. The first-order valence-electron chi connectivity index (χ1n) is 12.7. The van der Waals surface area contributed by atoms with Crippen molar-refractivity contribution in [2.24, 2.45) is 46.3 Å². The molecule has 0 aromatic heterocycles. The molecule has 3 saturated carbocycles. The molecule has 0 spiro atoms. The van der Waals surface area contributed by atoms with E-state index < -0.39 is 0 Å². The summed E-state index contributed by atoms with van der Waals surface area (Å²) < 4.78 is 0. The van der Waals surface area contributed by atoms with Crippen molar-refractivity contribution in [3.8, 4) is 0 Å². The van der Waals surface area contributed by atoms with Crippen LogP contribution in [0.1, 0.15) is 85.5 Å². The van der Waals surface area contributed by atoms with Crippen LogP contribution < -0.4 is 0 Å². The van der Waals surface area contributed by atoms with Crippen LogP contribution in [-0.4, -0.2) is 34.5 Å². The highest BCUT2D eigenvalue weighted by atomic mass is 16.3. The number of ketones is 2. The van der Waals surface area contributed by atoms with Crippen LogP contribution in [-0.2, 0) is 9.59 Å². The molecule has 4 nitrogen and oxygen atoms in total. The lowest BCUT2D eigenvalue weighted by Gasteiger charge is -2.58. The van der Waals surface area contributed by atoms with E-state index in [-0.39, 0.29) is 47.1 Å². The molecule has 31 heavy (non-hydrogen) atoms. The van der Waals surface area contributed by atoms with E-state index in [1.807, 2.05) is 13.8 Å². The minimum absolute atomic E-state index is 0.0776. The van der Waals surface area contributed by atoms with Gasteiger partial charge in [0.15, 0.2) is 0 Å². The molecule has 0 bridgehead atoms. The maximum absolute atomic E-state index is 13.3. The van der Waals surface area contributed by atoms with Gasteiger partial charge in [-0.05, 0) is 79.4 Å². The first-order valence-corrected chi connectivity index (χ1v) is 12.7. The summed E-state index contributed by atoms with van der Waals surface area (Å²) in [6.07, 6.45) is 9.96. The van der Waals surface area contributed by atoms with E-state index >= 15 is 0 Å². The maximum atomic E-state index is 13.3. The lowest BCUT2D eigenvalue weighted by molar-refractivity contribution is -0.134. The molecule has 9 atom stereocenters. The van der Waals surface area contributed by atoms with E-state index in [1.165, 1.54) is 5.57 Å². The van der Waals surface area contributed by atoms with Gasteiger partial charge < -0.3 is 10.2 Å². The Balaban J connectivity index is 1.54. The highest BCUT2D eigenvalue weighted by Crippen LogP contribution is 2.66. The van der Waals surface area contributed by atoms with Gasteiger partial charge in [0.05, 0.1) is 6.10 Å². The number of carbonyl (C=O) groups excluding carboxylic acids is 2. The lowest BCUT2D eigenvalue weighted by atomic mass is 9.47. The standard InChI is InChI=1S/C27H42O4/c1-16(15-28)5-8-23(30)17(2)25-24(31)14-22-20-7-6-18-13-19(29)9-11-26(18,3)21(20)10-12-27(22,25)4/h6,16-17,19-22,25,28-29H,5,7-15H2,1-4H3/t16?,17-,19?,20-,21+,22+,25+,26+,27+/m1/s1. The zero-order chi connectivity index (χ0) is 22.6. The van der Waals surface area contributed by atoms with Crippen molar-refractivity contribution < 1.29 is 19.8 Å². The molecular weight excluding hydrogens is 388 g/mol. The van der Waals surface area contributed by atoms with Gasteiger partial charge in [0.2, 0.25) is 0 Å². The highest BCUT2D eigenvalue weighted by molar-refractivity contribution is 5.92. The first-order chi connectivity index (χ1) is 14.6. The summed E-state index contributed by atoms with van der Waals surface area (Å²) in [4.78, 5) is 26.3. The van der Waals surface area contributed by atoms with Crippen molar-refractivity contribution in [1.29, 1.82) is 0 Å². The summed E-state index contributed by atoms with van der Waals surface area (Å²) in [5.41, 5.74) is 1.55. The van der Waals surface area contributed by atoms with E-state index in [4.69, 9.17) is 0 Å². The minimum Gasteiger partial charge on any atom is -0.396 e. The average Bonchev–Trinajstić information content (AvgIpc) is 3.01. The number of aliphatic hydroxyl groups excluding tert-OH is 2. The fraction of sp³-hybridized carbons (Fsp3) is 0.852. The molecule has 0 aliphatic heterocycles. The molecule has 4 aliphatic carbocycles. The summed E-state index contributed by atoms with van der Waals surface area (Å²) in [7, 11) is 0. The van der Waals surface area contributed by atoms with Crippen molar-refractivity contribution in [2.75, 3.05) is 6.61 Å². The van der Waals surface area contributed by atoms with Crippen molar-refractivity contribution in [1.82, 2.24) is 0 Å². The number of hydrogen-bond donors (Lipinski definition) is 2. The molecule has 4 rings (SSSR count). The Kier molecular flexibility index (Phi) is 6.28. The SMILES string of the molecule is CC(CO)CCC(=O)[C@@H](C)[C@H]1C(=O)C[C@H]2[C@@H]3CC=C4CC(O)CC[C@]4(C)[C@H]3CC[C@]12C. The van der Waals surface area contributed by atoms with Gasteiger partial charge in [-0.1, -0.05) is 39.3 Å². The fourth-order valence-corrected chi connectivity index (χ4v) is 8.22. The van der Waals surface area contributed by atoms with E-state index in [2.05, 4.69) is 19.9 Å². The van der Waals surface area contributed by atoms with E-state index in [0.717, 1.165) is 38.5 Å². The van der Waals surface area contributed by atoms with E-state index in [9.17, 15) is 19.8 Å². The summed E-state index contributed by atoms with van der Waals surface area (Å²) in [6.45, 7) is 8.77. The van der Waals surface area contributed by atoms with Crippen LogP contribution in [0, 0.1) is 46.3 Å². The normalized spacial score (nSPS) is 44.0. The van der Waals surface area contributed by atoms with Crippen LogP contribution in [0.4, 0.5) is 0 Å². The van der Waals surface area contributed by atoms with Gasteiger partial charge in [-0.15, -0.1) is 0 Å². The van der Waals surface area contributed by atoms with Crippen LogP contribution in [0.25, 0.3) is 0 Å². The molecule has 0 radical (unpaired) electrons. The fourth-order valence-electron chi connectivity index (χ4n) is 8.22. The molecular formula is C27H42O4. The Morgan fingerprint density at radius 3 is 2.61 bits per heavy atom. The monoisotopic (exact) mass is 430 g/mol. The molecule has 4 aliphatic rings. The summed E-state index contributed by atoms with van der Waals surface area (Å²) in [5.74, 6) is 1.75. The third-order valence-electron chi connectivity index (χ3n) is 10.2. The van der Waals surface area contributed by atoms with Crippen LogP contribution in [0.3, 0.4) is 0 Å². The Hall–Kier alpha value is -1.00. The molecule has 0 heterocycles. The van der Waals surface area contributed by atoms with Crippen molar-refractivity contribution >= 4 is 11.6 Å². The smallest absolute Gasteiger partial charge is 0.137 e. The van der Waals surface area contributed by atoms with Crippen LogP contribution in [0.2, 0.25) is 0 Å². The largest absolute Gasteiger partial charge is 0.396 e. The minimum atomic E-state index is -0.222. The first kappa shape index (κ1) is 23.2. The summed E-state index contributed by atoms with van der Waals surface area (Å²) >= 11 is 0. The maximum Gasteiger partial charge on any atom is 0.137 e. The number of rotatable bonds is 6. The van der Waals surface area contributed by atoms with Gasteiger partial charge >= 0.3 is 0 Å². The molecule has 0 aromatic rings. The molecule has 2 N–H and O–H groups in total. The predicted molar refractivity (Wildman–Crippen MR) is 121 cm³/mol. The zero-order valence-electron chi connectivity index (χ0n) is 19.9. The Labute approximate surface area is 187 Å². The van der Waals surface area contributed by atoms with E-state index in [0.29, 0.717) is 42.8 Å². The Morgan fingerprint density at radius 1 is 1.16 bits per heavy atom. The number of fused-ring (bicyclic) bond motifs is 5. The number of allylic oxidation sites excluding steroid dienone is 1. The Morgan fingerprint density at radius 2 is 1.90 bits per heavy atom. The van der Waals surface area contributed by atoms with Crippen LogP contribution in [0.15, 0.2) is 11.6 Å². The third-order valence-corrected chi connectivity index (χ3v) is 10.2. The Bertz CT molecular complexity index is 756. The highest BCUT2D eigenvalue weighted by Gasteiger charge is 2.62. The summed E-state index contributed by atoms with van der Waals surface area (Å²) in [5, 5.41) is 19.5. The quantitative estimate of drug-likeness (QED) is 0.598. The van der Waals surface area contributed by atoms with Gasteiger partial charge in [-0.25, -0.2) is 0 Å². The molecule has 0 amide bonds. The predicted octanol–water partition coefficient (Wildman–Crippen LogP) is 4.72. The van der Waals surface area contributed by atoms with Crippen LogP contribution >= 0.6 is 0 Å². The van der Waals surface area contributed by atoms with Crippen molar-refractivity contribution in [2.45, 2.75) is 91.6 Å². The van der Waals surface area contributed by atoms with Crippen molar-refractivity contribution in [3.63, 3.8) is 0 Å². The average molecular weight is 431 g/mol. The second-order valence-electron chi connectivity index (χ2n) is 11.9. The number of aliphatic hydroxyl groups is 2. The van der Waals surface area contributed by atoms with Crippen molar-refractivity contribution in [3.05, 3.63) is 11.6 Å². The van der Waals surface area contributed by atoms with Gasteiger partial charge in [0.1, 0.15) is 11.6 Å². The second kappa shape index (κ2) is 8.41. The molecule has 2 unspecified atom stereocenters. The molecule has 174 valence electrons. The molecule has 0 saturated heterocycles. The molecule has 3 fully saturated rings. The number of Topliss-reactive ketones (excluding diaryl/α,β-unsaturated/α-hetero) is 2. The molecule has 0 aromatic carbocycles. The number of carbonyl (C=O) groups is 2.